The first-order valence-electron chi connectivity index (χ1n) is 12.4. The van der Waals surface area contributed by atoms with Gasteiger partial charge in [0.05, 0.1) is 11.0 Å². The standard InChI is InChI=1S/C26H36F2N4O2/c1-25(2,3)24-30-20-15-19(23(34)31-13-9-18(10-14-31)22(33)29-4)5-6-21(20)32(24)16-17-7-11-26(27,28)12-8-17/h5-6,15,17-18H,7-14,16H2,1-4H3,(H,29,33). The Morgan fingerprint density at radius 3 is 2.35 bits per heavy atom. The lowest BCUT2D eigenvalue weighted by Gasteiger charge is -2.31. The van der Waals surface area contributed by atoms with Crippen LogP contribution < -0.4 is 5.32 Å². The van der Waals surface area contributed by atoms with Gasteiger partial charge in [-0.15, -0.1) is 0 Å². The third-order valence-electron chi connectivity index (χ3n) is 7.34. The van der Waals surface area contributed by atoms with Crippen LogP contribution in [0.25, 0.3) is 11.0 Å². The Kier molecular flexibility index (Phi) is 6.71. The zero-order chi connectivity index (χ0) is 24.7. The van der Waals surface area contributed by atoms with Gasteiger partial charge in [-0.25, -0.2) is 13.8 Å². The lowest BCUT2D eigenvalue weighted by Crippen LogP contribution is -2.42. The Balaban J connectivity index is 1.56. The van der Waals surface area contributed by atoms with Crippen molar-refractivity contribution in [2.24, 2.45) is 11.8 Å². The monoisotopic (exact) mass is 474 g/mol. The maximum atomic E-state index is 13.7. The zero-order valence-corrected chi connectivity index (χ0v) is 20.7. The maximum Gasteiger partial charge on any atom is 0.253 e. The Morgan fingerprint density at radius 1 is 1.12 bits per heavy atom. The van der Waals surface area contributed by atoms with Crippen LogP contribution in [0.3, 0.4) is 0 Å². The molecule has 1 aromatic heterocycles. The summed E-state index contributed by atoms with van der Waals surface area (Å²) in [5, 5.41) is 2.69. The Bertz CT molecular complexity index is 1050. The van der Waals surface area contributed by atoms with Crippen molar-refractivity contribution in [3.8, 4) is 0 Å². The van der Waals surface area contributed by atoms with Gasteiger partial charge < -0.3 is 14.8 Å². The quantitative estimate of drug-likeness (QED) is 0.695. The van der Waals surface area contributed by atoms with Crippen molar-refractivity contribution in [2.75, 3.05) is 20.1 Å². The number of halogens is 2. The van der Waals surface area contributed by atoms with Gasteiger partial charge in [0.25, 0.3) is 5.91 Å². The van der Waals surface area contributed by atoms with E-state index in [0.717, 1.165) is 16.9 Å². The van der Waals surface area contributed by atoms with Crippen molar-refractivity contribution in [3.05, 3.63) is 29.6 Å². The Hall–Kier alpha value is -2.51. The molecule has 4 rings (SSSR count). The van der Waals surface area contributed by atoms with E-state index in [-0.39, 0.29) is 41.9 Å². The number of fused-ring (bicyclic) bond motifs is 1. The number of amides is 2. The third kappa shape index (κ3) is 5.10. The highest BCUT2D eigenvalue weighted by atomic mass is 19.3. The summed E-state index contributed by atoms with van der Waals surface area (Å²) in [7, 11) is 1.64. The summed E-state index contributed by atoms with van der Waals surface area (Å²) in [6, 6.07) is 5.64. The predicted molar refractivity (Wildman–Crippen MR) is 128 cm³/mol. The van der Waals surface area contributed by atoms with E-state index in [1.165, 1.54) is 0 Å². The summed E-state index contributed by atoms with van der Waals surface area (Å²) >= 11 is 0. The van der Waals surface area contributed by atoms with Gasteiger partial charge in [0, 0.05) is 56.4 Å². The van der Waals surface area contributed by atoms with Crippen LogP contribution in [0, 0.1) is 11.8 Å². The molecular weight excluding hydrogens is 438 g/mol. The average Bonchev–Trinajstić information content (AvgIpc) is 3.17. The lowest BCUT2D eigenvalue weighted by molar-refractivity contribution is -0.125. The lowest BCUT2D eigenvalue weighted by atomic mass is 9.86. The Labute approximate surface area is 200 Å². The van der Waals surface area contributed by atoms with Gasteiger partial charge in [0.2, 0.25) is 11.8 Å². The molecular formula is C26H36F2N4O2. The summed E-state index contributed by atoms with van der Waals surface area (Å²) in [6.07, 6.45) is 2.25. The molecule has 1 saturated carbocycles. The molecule has 2 amide bonds. The largest absolute Gasteiger partial charge is 0.359 e. The second kappa shape index (κ2) is 9.27. The predicted octanol–water partition coefficient (Wildman–Crippen LogP) is 4.76. The van der Waals surface area contributed by atoms with Crippen LogP contribution in [0.2, 0.25) is 0 Å². The van der Waals surface area contributed by atoms with E-state index < -0.39 is 5.92 Å². The first kappa shape index (κ1) is 24.6. The van der Waals surface area contributed by atoms with Crippen molar-refractivity contribution in [1.82, 2.24) is 19.8 Å². The van der Waals surface area contributed by atoms with E-state index in [1.807, 2.05) is 23.1 Å². The highest BCUT2D eigenvalue weighted by Gasteiger charge is 2.36. The molecule has 2 heterocycles. The number of hydrogen-bond donors (Lipinski definition) is 1. The molecule has 1 aliphatic carbocycles. The molecule has 0 unspecified atom stereocenters. The van der Waals surface area contributed by atoms with Gasteiger partial charge in [-0.05, 0) is 49.8 Å². The van der Waals surface area contributed by atoms with Crippen LogP contribution in [0.1, 0.15) is 75.5 Å². The van der Waals surface area contributed by atoms with Gasteiger partial charge in [-0.3, -0.25) is 9.59 Å². The minimum atomic E-state index is -2.54. The maximum absolute atomic E-state index is 13.7. The molecule has 0 radical (unpaired) electrons. The van der Waals surface area contributed by atoms with E-state index in [0.29, 0.717) is 50.9 Å². The molecule has 0 bridgehead atoms. The fourth-order valence-electron chi connectivity index (χ4n) is 5.29. The van der Waals surface area contributed by atoms with Crippen LogP contribution >= 0.6 is 0 Å². The van der Waals surface area contributed by atoms with E-state index >= 15 is 0 Å². The molecule has 2 fully saturated rings. The van der Waals surface area contributed by atoms with E-state index in [2.05, 4.69) is 30.7 Å². The highest BCUT2D eigenvalue weighted by molar-refractivity contribution is 5.97. The minimum Gasteiger partial charge on any atom is -0.359 e. The number of rotatable bonds is 4. The molecule has 1 N–H and O–H groups in total. The molecule has 34 heavy (non-hydrogen) atoms. The van der Waals surface area contributed by atoms with E-state index in [9.17, 15) is 18.4 Å². The van der Waals surface area contributed by atoms with Crippen LogP contribution in [0.15, 0.2) is 18.2 Å². The molecule has 2 aromatic rings. The first-order chi connectivity index (χ1) is 16.0. The summed E-state index contributed by atoms with van der Waals surface area (Å²) in [6.45, 7) is 8.08. The summed E-state index contributed by atoms with van der Waals surface area (Å²) in [4.78, 5) is 31.8. The average molecular weight is 475 g/mol. The molecule has 1 saturated heterocycles. The minimum absolute atomic E-state index is 0.0375. The Morgan fingerprint density at radius 2 is 1.76 bits per heavy atom. The number of imidazole rings is 1. The van der Waals surface area contributed by atoms with E-state index in [4.69, 9.17) is 4.98 Å². The molecule has 8 heteroatoms. The summed E-state index contributed by atoms with van der Waals surface area (Å²) in [5.74, 6) is -1.47. The topological polar surface area (TPSA) is 67.2 Å². The number of benzene rings is 1. The second-order valence-corrected chi connectivity index (χ2v) is 11.0. The van der Waals surface area contributed by atoms with Crippen LogP contribution in [-0.4, -0.2) is 52.3 Å². The second-order valence-electron chi connectivity index (χ2n) is 11.0. The van der Waals surface area contributed by atoms with Gasteiger partial charge in [-0.2, -0.15) is 0 Å². The normalized spacial score (nSPS) is 20.0. The van der Waals surface area contributed by atoms with Crippen molar-refractivity contribution >= 4 is 22.8 Å². The SMILES string of the molecule is CNC(=O)C1CCN(C(=O)c2ccc3c(c2)nc(C(C)(C)C)n3CC2CCC(F)(F)CC2)CC1. The molecule has 186 valence electrons. The van der Waals surface area contributed by atoms with Gasteiger partial charge in [0.1, 0.15) is 5.82 Å². The number of hydrogen-bond acceptors (Lipinski definition) is 3. The number of carbonyl (C=O) groups excluding carboxylic acids is 2. The van der Waals surface area contributed by atoms with Crippen LogP contribution in [0.5, 0.6) is 0 Å². The number of piperidine rings is 1. The number of nitrogens with one attached hydrogen (secondary N) is 1. The number of carbonyl (C=O) groups is 2. The fourth-order valence-corrected chi connectivity index (χ4v) is 5.29. The number of nitrogens with zero attached hydrogens (tertiary/aromatic N) is 3. The summed E-state index contributed by atoms with van der Waals surface area (Å²) in [5.41, 5.74) is 2.08. The highest BCUT2D eigenvalue weighted by Crippen LogP contribution is 2.38. The van der Waals surface area contributed by atoms with Gasteiger partial charge in [-0.1, -0.05) is 20.8 Å². The smallest absolute Gasteiger partial charge is 0.253 e. The van der Waals surface area contributed by atoms with Crippen molar-refractivity contribution in [3.63, 3.8) is 0 Å². The van der Waals surface area contributed by atoms with Crippen molar-refractivity contribution in [1.29, 1.82) is 0 Å². The molecule has 1 aliphatic heterocycles. The fraction of sp³-hybridized carbons (Fsp3) is 0.654. The number of likely N-dealkylation sites (tertiary alicyclic amines) is 1. The van der Waals surface area contributed by atoms with Crippen molar-refractivity contribution in [2.45, 2.75) is 77.2 Å². The summed E-state index contributed by atoms with van der Waals surface area (Å²) < 4.78 is 29.5. The third-order valence-corrected chi connectivity index (χ3v) is 7.34. The molecule has 0 atom stereocenters. The number of aromatic nitrogens is 2. The first-order valence-corrected chi connectivity index (χ1v) is 12.4. The van der Waals surface area contributed by atoms with Gasteiger partial charge in [0.15, 0.2) is 0 Å². The zero-order valence-electron chi connectivity index (χ0n) is 20.7. The molecule has 1 aromatic carbocycles. The van der Waals surface area contributed by atoms with Gasteiger partial charge >= 0.3 is 0 Å². The molecule has 6 nitrogen and oxygen atoms in total. The molecule has 0 spiro atoms. The van der Waals surface area contributed by atoms with Crippen LogP contribution in [0.4, 0.5) is 8.78 Å². The molecule has 2 aliphatic rings. The van der Waals surface area contributed by atoms with E-state index in [1.54, 1.807) is 7.05 Å². The van der Waals surface area contributed by atoms with Crippen molar-refractivity contribution < 1.29 is 18.4 Å². The van der Waals surface area contributed by atoms with Crippen LogP contribution in [-0.2, 0) is 16.8 Å². The number of alkyl halides is 2.